The summed E-state index contributed by atoms with van der Waals surface area (Å²) < 4.78 is 10.7. The van der Waals surface area contributed by atoms with Crippen molar-refractivity contribution in [2.24, 2.45) is 5.92 Å². The van der Waals surface area contributed by atoms with Gasteiger partial charge in [-0.25, -0.2) is 4.79 Å². The first-order valence-electron chi connectivity index (χ1n) is 10.5. The van der Waals surface area contributed by atoms with E-state index in [0.29, 0.717) is 25.0 Å². The van der Waals surface area contributed by atoms with Crippen molar-refractivity contribution in [3.63, 3.8) is 0 Å². The number of nitrogens with one attached hydrogen (secondary N) is 2. The second-order valence-electron chi connectivity index (χ2n) is 8.04. The maximum absolute atomic E-state index is 12.4. The van der Waals surface area contributed by atoms with Crippen molar-refractivity contribution < 1.29 is 14.3 Å². The van der Waals surface area contributed by atoms with Crippen molar-refractivity contribution in [3.8, 4) is 5.75 Å². The van der Waals surface area contributed by atoms with Gasteiger partial charge in [-0.1, -0.05) is 32.0 Å². The summed E-state index contributed by atoms with van der Waals surface area (Å²) in [4.78, 5) is 14.8. The standard InChI is InChI=1S/C23H33N3O3/c1-17(2)12-21(26-8-10-29-11-9-26)16-25-23(27)24-15-18-4-5-20-14-22(28-3)7-6-19(20)13-18/h4-7,13-14,17,21H,8-12,15-16H2,1-3H3,(H2,24,25,27)/t21-/m0/s1. The molecule has 2 N–H and O–H groups in total. The third-order valence-electron chi connectivity index (χ3n) is 5.37. The zero-order valence-electron chi connectivity index (χ0n) is 17.7. The summed E-state index contributed by atoms with van der Waals surface area (Å²) in [5.41, 5.74) is 1.07. The van der Waals surface area contributed by atoms with Crippen LogP contribution in [0.1, 0.15) is 25.8 Å². The van der Waals surface area contributed by atoms with Gasteiger partial charge in [0.1, 0.15) is 5.75 Å². The van der Waals surface area contributed by atoms with Crippen LogP contribution in [0.25, 0.3) is 10.8 Å². The molecule has 0 spiro atoms. The number of carbonyl (C=O) groups is 1. The molecule has 0 radical (unpaired) electrons. The molecule has 0 bridgehead atoms. The average molecular weight is 400 g/mol. The third kappa shape index (κ3) is 6.34. The van der Waals surface area contributed by atoms with Gasteiger partial charge < -0.3 is 20.1 Å². The van der Waals surface area contributed by atoms with E-state index < -0.39 is 0 Å². The summed E-state index contributed by atoms with van der Waals surface area (Å²) in [6.45, 7) is 9.02. The Bertz CT molecular complexity index is 803. The van der Waals surface area contributed by atoms with E-state index in [1.54, 1.807) is 7.11 Å². The van der Waals surface area contributed by atoms with E-state index in [2.05, 4.69) is 41.5 Å². The van der Waals surface area contributed by atoms with Crippen molar-refractivity contribution in [1.82, 2.24) is 15.5 Å². The minimum Gasteiger partial charge on any atom is -0.497 e. The Hall–Kier alpha value is -2.31. The van der Waals surface area contributed by atoms with Crippen LogP contribution in [-0.4, -0.2) is 56.9 Å². The molecule has 0 saturated carbocycles. The molecule has 1 aliphatic rings. The number of carbonyl (C=O) groups excluding carboxylic acids is 1. The molecule has 2 aromatic rings. The van der Waals surface area contributed by atoms with Crippen LogP contribution in [0.4, 0.5) is 4.79 Å². The number of hydrogen-bond donors (Lipinski definition) is 2. The van der Waals surface area contributed by atoms with E-state index in [0.717, 1.165) is 54.8 Å². The van der Waals surface area contributed by atoms with Gasteiger partial charge >= 0.3 is 6.03 Å². The van der Waals surface area contributed by atoms with E-state index in [1.165, 1.54) is 0 Å². The van der Waals surface area contributed by atoms with E-state index in [1.807, 2.05) is 24.3 Å². The molecule has 3 rings (SSSR count). The number of urea groups is 1. The highest BCUT2D eigenvalue weighted by Gasteiger charge is 2.22. The van der Waals surface area contributed by atoms with Gasteiger partial charge in [-0.15, -0.1) is 0 Å². The molecule has 6 heteroatoms. The van der Waals surface area contributed by atoms with Gasteiger partial charge in [0.2, 0.25) is 0 Å². The second kappa shape index (κ2) is 10.5. The Morgan fingerprint density at radius 3 is 2.55 bits per heavy atom. The molecule has 0 aromatic heterocycles. The number of nitrogens with zero attached hydrogens (tertiary/aromatic N) is 1. The predicted octanol–water partition coefficient (Wildman–Crippen LogP) is 3.39. The summed E-state index contributed by atoms with van der Waals surface area (Å²) in [7, 11) is 1.67. The van der Waals surface area contributed by atoms with Crippen molar-refractivity contribution >= 4 is 16.8 Å². The van der Waals surface area contributed by atoms with Crippen molar-refractivity contribution in [1.29, 1.82) is 0 Å². The first-order chi connectivity index (χ1) is 14.0. The van der Waals surface area contributed by atoms with Gasteiger partial charge in [0.05, 0.1) is 20.3 Å². The molecule has 158 valence electrons. The molecule has 2 aromatic carbocycles. The lowest BCUT2D eigenvalue weighted by Crippen LogP contribution is -2.50. The molecular formula is C23H33N3O3. The number of ether oxygens (including phenoxy) is 2. The van der Waals surface area contributed by atoms with Gasteiger partial charge in [0.25, 0.3) is 0 Å². The predicted molar refractivity (Wildman–Crippen MR) is 116 cm³/mol. The Balaban J connectivity index is 1.51. The number of rotatable bonds is 8. The fourth-order valence-electron chi connectivity index (χ4n) is 3.81. The van der Waals surface area contributed by atoms with Crippen molar-refractivity contribution in [3.05, 3.63) is 42.0 Å². The number of hydrogen-bond acceptors (Lipinski definition) is 4. The zero-order chi connectivity index (χ0) is 20.6. The van der Waals surface area contributed by atoms with Gasteiger partial charge in [0.15, 0.2) is 0 Å². The molecule has 1 heterocycles. The third-order valence-corrected chi connectivity index (χ3v) is 5.37. The molecule has 6 nitrogen and oxygen atoms in total. The zero-order valence-corrected chi connectivity index (χ0v) is 17.7. The molecule has 1 atom stereocenters. The molecule has 1 fully saturated rings. The van der Waals surface area contributed by atoms with E-state index in [4.69, 9.17) is 9.47 Å². The van der Waals surface area contributed by atoms with Crippen LogP contribution in [0.3, 0.4) is 0 Å². The van der Waals surface area contributed by atoms with Crippen LogP contribution >= 0.6 is 0 Å². The maximum atomic E-state index is 12.4. The molecule has 0 aliphatic carbocycles. The molecule has 0 unspecified atom stereocenters. The quantitative estimate of drug-likeness (QED) is 0.714. The van der Waals surface area contributed by atoms with Crippen LogP contribution in [0.2, 0.25) is 0 Å². The lowest BCUT2D eigenvalue weighted by Gasteiger charge is -2.35. The van der Waals surface area contributed by atoms with Crippen LogP contribution in [0, 0.1) is 5.92 Å². The summed E-state index contributed by atoms with van der Waals surface area (Å²) in [5, 5.41) is 8.30. The topological polar surface area (TPSA) is 62.8 Å². The Morgan fingerprint density at radius 2 is 1.83 bits per heavy atom. The molecule has 29 heavy (non-hydrogen) atoms. The average Bonchev–Trinajstić information content (AvgIpc) is 2.75. The van der Waals surface area contributed by atoms with Crippen LogP contribution in [0.15, 0.2) is 36.4 Å². The lowest BCUT2D eigenvalue weighted by molar-refractivity contribution is 0.0129. The number of methoxy groups -OCH3 is 1. The normalized spacial score (nSPS) is 16.0. The number of amides is 2. The van der Waals surface area contributed by atoms with E-state index in [9.17, 15) is 4.79 Å². The number of fused-ring (bicyclic) bond motifs is 1. The fourth-order valence-corrected chi connectivity index (χ4v) is 3.81. The van der Waals surface area contributed by atoms with Gasteiger partial charge in [-0.05, 0) is 46.9 Å². The Kier molecular flexibility index (Phi) is 7.72. The largest absolute Gasteiger partial charge is 0.497 e. The molecule has 2 amide bonds. The van der Waals surface area contributed by atoms with Crippen LogP contribution in [-0.2, 0) is 11.3 Å². The van der Waals surface area contributed by atoms with Crippen molar-refractivity contribution in [2.45, 2.75) is 32.9 Å². The first kappa shape index (κ1) is 21.4. The first-order valence-corrected chi connectivity index (χ1v) is 10.5. The minimum atomic E-state index is -0.123. The summed E-state index contributed by atoms with van der Waals surface area (Å²) in [6.07, 6.45) is 1.06. The highest BCUT2D eigenvalue weighted by atomic mass is 16.5. The Labute approximate surface area is 173 Å². The fraction of sp³-hybridized carbons (Fsp3) is 0.522. The molecular weight excluding hydrogens is 366 g/mol. The monoisotopic (exact) mass is 399 g/mol. The van der Waals surface area contributed by atoms with E-state index >= 15 is 0 Å². The summed E-state index contributed by atoms with van der Waals surface area (Å²) >= 11 is 0. The van der Waals surface area contributed by atoms with Crippen molar-refractivity contribution in [2.75, 3.05) is 40.0 Å². The molecule has 1 saturated heterocycles. The highest BCUT2D eigenvalue weighted by Crippen LogP contribution is 2.21. The van der Waals surface area contributed by atoms with Gasteiger partial charge in [-0.3, -0.25) is 4.90 Å². The second-order valence-corrected chi connectivity index (χ2v) is 8.04. The van der Waals surface area contributed by atoms with Gasteiger partial charge in [-0.2, -0.15) is 0 Å². The molecule has 1 aliphatic heterocycles. The Morgan fingerprint density at radius 1 is 1.10 bits per heavy atom. The number of benzene rings is 2. The summed E-state index contributed by atoms with van der Waals surface area (Å²) in [5.74, 6) is 1.43. The highest BCUT2D eigenvalue weighted by molar-refractivity contribution is 5.84. The SMILES string of the molecule is COc1ccc2cc(CNC(=O)NC[C@H](CC(C)C)N3CCOCC3)ccc2c1. The summed E-state index contributed by atoms with van der Waals surface area (Å²) in [6, 6.07) is 12.4. The van der Waals surface area contributed by atoms with Crippen LogP contribution < -0.4 is 15.4 Å². The smallest absolute Gasteiger partial charge is 0.315 e. The maximum Gasteiger partial charge on any atom is 0.315 e. The lowest BCUT2D eigenvalue weighted by atomic mass is 10.0. The van der Waals surface area contributed by atoms with E-state index in [-0.39, 0.29) is 6.03 Å². The van der Waals surface area contributed by atoms with Crippen LogP contribution in [0.5, 0.6) is 5.75 Å². The number of morpholine rings is 1. The minimum absolute atomic E-state index is 0.123. The van der Waals surface area contributed by atoms with Gasteiger partial charge in [0, 0.05) is 32.2 Å².